The Hall–Kier alpha value is -4.58. The van der Waals surface area contributed by atoms with Gasteiger partial charge in [-0.3, -0.25) is 9.97 Å². The molecule has 0 N–H and O–H groups in total. The molecule has 0 radical (unpaired) electrons. The van der Waals surface area contributed by atoms with Crippen molar-refractivity contribution in [3.63, 3.8) is 0 Å². The van der Waals surface area contributed by atoms with Crippen molar-refractivity contribution in [3.05, 3.63) is 130 Å². The Morgan fingerprint density at radius 1 is 0.358 bits per heavy atom. The number of hydrogen-bond acceptors (Lipinski definition) is 4. The Morgan fingerprint density at radius 3 is 0.868 bits per heavy atom. The van der Waals surface area contributed by atoms with Gasteiger partial charge in [-0.05, 0) is 104 Å². The van der Waals surface area contributed by atoms with E-state index in [1.807, 2.05) is 36.4 Å². The second kappa shape index (κ2) is 20.0. The van der Waals surface area contributed by atoms with E-state index in [-0.39, 0.29) is 17.1 Å². The number of fused-ring (bicyclic) bond motifs is 8. The molecule has 0 saturated heterocycles. The fraction of sp³-hybridized carbons (Fsp3) is 0.348. The number of aromatic nitrogens is 6. The van der Waals surface area contributed by atoms with Crippen molar-refractivity contribution < 1.29 is 17.1 Å². The summed E-state index contributed by atoms with van der Waals surface area (Å²) in [6.07, 6.45) is 14.6. The first kappa shape index (κ1) is 41.2. The molecule has 0 aromatic carbocycles. The van der Waals surface area contributed by atoms with Crippen molar-refractivity contribution >= 4 is 44.4 Å². The number of rotatable bonds is 8. The molecule has 7 rings (SSSR count). The zero-order valence-electron chi connectivity index (χ0n) is 32.8. The minimum Gasteiger partial charge on any atom is -0.657 e. The van der Waals surface area contributed by atoms with E-state index in [2.05, 4.69) is 89.6 Å². The summed E-state index contributed by atoms with van der Waals surface area (Å²) < 4.78 is 0. The van der Waals surface area contributed by atoms with E-state index in [0.717, 1.165) is 96.2 Å². The van der Waals surface area contributed by atoms with Crippen LogP contribution in [0.1, 0.15) is 126 Å². The van der Waals surface area contributed by atoms with Crippen LogP contribution in [0.3, 0.4) is 0 Å². The summed E-state index contributed by atoms with van der Waals surface area (Å²) in [5, 5.41) is 0. The molecule has 2 aliphatic heterocycles. The van der Waals surface area contributed by atoms with Gasteiger partial charge in [0.15, 0.2) is 0 Å². The molecule has 2 aliphatic rings. The van der Waals surface area contributed by atoms with Crippen molar-refractivity contribution in [2.45, 2.75) is 107 Å². The first-order chi connectivity index (χ1) is 25.5. The first-order valence-electron chi connectivity index (χ1n) is 19.3. The van der Waals surface area contributed by atoms with Crippen LogP contribution in [-0.2, 0) is 42.8 Å². The van der Waals surface area contributed by atoms with Crippen molar-refractivity contribution in [1.82, 2.24) is 29.9 Å². The van der Waals surface area contributed by atoms with Crippen LogP contribution in [0, 0.1) is 0 Å². The predicted octanol–water partition coefficient (Wildman–Crippen LogP) is 11.4. The van der Waals surface area contributed by atoms with Crippen LogP contribution in [0.25, 0.3) is 44.4 Å². The van der Waals surface area contributed by atoms with E-state index in [1.54, 1.807) is 24.8 Å². The summed E-state index contributed by atoms with van der Waals surface area (Å²) in [4.78, 5) is 28.6. The fourth-order valence-electron chi connectivity index (χ4n) is 7.55. The molecule has 7 heteroatoms. The number of hydrogen-bond donors (Lipinski definition) is 0. The normalized spacial score (nSPS) is 12.1. The summed E-state index contributed by atoms with van der Waals surface area (Å²) in [7, 11) is 0. The molecular weight excluding hydrogens is 692 g/mol. The average Bonchev–Trinajstić information content (AvgIpc) is 3.91. The van der Waals surface area contributed by atoms with Crippen LogP contribution in [0.5, 0.6) is 0 Å². The van der Waals surface area contributed by atoms with Crippen molar-refractivity contribution in [2.24, 2.45) is 0 Å². The Labute approximate surface area is 327 Å². The Bertz CT molecular complexity index is 1970. The summed E-state index contributed by atoms with van der Waals surface area (Å²) in [5.74, 6) is 0. The van der Waals surface area contributed by atoms with Crippen LogP contribution < -0.4 is 9.97 Å². The van der Waals surface area contributed by atoms with E-state index < -0.39 is 0 Å². The summed E-state index contributed by atoms with van der Waals surface area (Å²) in [6.45, 7) is 17.9. The predicted molar refractivity (Wildman–Crippen MR) is 220 cm³/mol. The largest absolute Gasteiger partial charge is 2.00 e. The fourth-order valence-corrected chi connectivity index (χ4v) is 7.55. The number of aryl methyl sites for hydroxylation is 4. The minimum atomic E-state index is 0. The minimum absolute atomic E-state index is 0. The van der Waals surface area contributed by atoms with Crippen molar-refractivity contribution in [2.75, 3.05) is 0 Å². The molecule has 7 heterocycles. The van der Waals surface area contributed by atoms with E-state index in [9.17, 15) is 0 Å². The summed E-state index contributed by atoms with van der Waals surface area (Å²) in [5.41, 5.74) is 19.1. The summed E-state index contributed by atoms with van der Waals surface area (Å²) in [6, 6.07) is 20.4. The molecule has 5 aromatic rings. The maximum Gasteiger partial charge on any atom is 2.00 e. The van der Waals surface area contributed by atoms with Crippen LogP contribution in [0.15, 0.2) is 85.5 Å². The second-order valence-corrected chi connectivity index (χ2v) is 12.8. The van der Waals surface area contributed by atoms with Crippen LogP contribution >= 0.6 is 0 Å². The quantitative estimate of drug-likeness (QED) is 0.147. The third kappa shape index (κ3) is 9.15. The van der Waals surface area contributed by atoms with Gasteiger partial charge < -0.3 is 9.97 Å². The SMILES string of the molecule is CCC1=C(CC)c2cc3[n-]c(cc4[n-]c(cc5nc(cc1n2)C(CC)=C5CC)c(CC)c4CC)c(CC)c3CC.[Fe+2].c1ccncc1.c1ccncc1. The molecule has 53 heavy (non-hydrogen) atoms. The third-order valence-corrected chi connectivity index (χ3v) is 9.95. The molecule has 5 aromatic heterocycles. The Balaban J connectivity index is 0.000000408. The third-order valence-electron chi connectivity index (χ3n) is 9.95. The van der Waals surface area contributed by atoms with Gasteiger partial charge in [0.05, 0.1) is 22.8 Å². The molecular formula is C46H54FeN6. The van der Waals surface area contributed by atoms with Gasteiger partial charge in [0.25, 0.3) is 0 Å². The van der Waals surface area contributed by atoms with E-state index in [0.29, 0.717) is 0 Å². The molecule has 0 amide bonds. The van der Waals surface area contributed by atoms with Crippen molar-refractivity contribution in [3.8, 4) is 0 Å². The molecule has 0 fully saturated rings. The Kier molecular flexibility index (Phi) is 15.6. The van der Waals surface area contributed by atoms with Gasteiger partial charge in [0, 0.05) is 24.8 Å². The number of allylic oxidation sites excluding steroid dienone is 4. The standard InChI is InChI=1S/C36H44N4.2C5H5N.Fe/c1-9-21-22(10-2)30-18-32-25(13-5)26(14-6)34(39-32)20-36-28(16-8)27(15-7)35(40-36)19-33-24(12-4)23(11-3)31(38-33)17-29(21)37-30;2*1-2-4-6-5-3-1;/h17-20H,9-16H2,1-8H3;2*1-5H;/q-2;;;+2. The van der Waals surface area contributed by atoms with Gasteiger partial charge in [-0.15, -0.1) is 22.1 Å². The molecule has 276 valence electrons. The molecule has 0 aliphatic carbocycles. The zero-order chi connectivity index (χ0) is 37.0. The van der Waals surface area contributed by atoms with Crippen LogP contribution in [0.4, 0.5) is 0 Å². The van der Waals surface area contributed by atoms with Crippen LogP contribution in [-0.4, -0.2) is 19.9 Å². The number of nitrogens with zero attached hydrogens (tertiary/aromatic N) is 6. The molecule has 8 bridgehead atoms. The van der Waals surface area contributed by atoms with Gasteiger partial charge in [-0.25, -0.2) is 9.97 Å². The van der Waals surface area contributed by atoms with E-state index in [4.69, 9.17) is 19.9 Å². The van der Waals surface area contributed by atoms with Gasteiger partial charge in [0.1, 0.15) is 0 Å². The maximum atomic E-state index is 5.25. The molecule has 0 atom stereocenters. The monoisotopic (exact) mass is 746 g/mol. The van der Waals surface area contributed by atoms with Crippen LogP contribution in [0.2, 0.25) is 0 Å². The van der Waals surface area contributed by atoms with Gasteiger partial charge in [0.2, 0.25) is 0 Å². The molecule has 6 nitrogen and oxygen atoms in total. The maximum absolute atomic E-state index is 5.25. The summed E-state index contributed by atoms with van der Waals surface area (Å²) >= 11 is 0. The average molecular weight is 747 g/mol. The van der Waals surface area contributed by atoms with E-state index >= 15 is 0 Å². The molecule has 0 spiro atoms. The molecule has 0 unspecified atom stereocenters. The topological polar surface area (TPSA) is 79.8 Å². The van der Waals surface area contributed by atoms with E-state index in [1.165, 1.54) is 44.5 Å². The second-order valence-electron chi connectivity index (χ2n) is 12.8. The molecule has 0 saturated carbocycles. The zero-order valence-corrected chi connectivity index (χ0v) is 33.9. The number of pyridine rings is 2. The van der Waals surface area contributed by atoms with Gasteiger partial charge in [-0.2, -0.15) is 0 Å². The van der Waals surface area contributed by atoms with Crippen molar-refractivity contribution in [1.29, 1.82) is 0 Å². The van der Waals surface area contributed by atoms with Gasteiger partial charge in [-0.1, -0.05) is 108 Å². The smallest absolute Gasteiger partial charge is 0.657 e. The van der Waals surface area contributed by atoms with Gasteiger partial charge >= 0.3 is 17.1 Å². The Morgan fingerprint density at radius 2 is 0.642 bits per heavy atom. The first-order valence-corrected chi connectivity index (χ1v) is 19.3.